The molecule has 1 aromatic carbocycles. The summed E-state index contributed by atoms with van der Waals surface area (Å²) in [5.74, 6) is -0.467. The molecule has 0 amide bonds. The van der Waals surface area contributed by atoms with Crippen molar-refractivity contribution in [2.24, 2.45) is 4.99 Å². The zero-order valence-electron chi connectivity index (χ0n) is 17.5. The molecule has 1 aromatic heterocycles. The summed E-state index contributed by atoms with van der Waals surface area (Å²) in [6.07, 6.45) is 2.62. The Balaban J connectivity index is 1.81. The van der Waals surface area contributed by atoms with E-state index in [1.807, 2.05) is 26.8 Å². The predicted molar refractivity (Wildman–Crippen MR) is 117 cm³/mol. The first-order valence-corrected chi connectivity index (χ1v) is 10.1. The molecule has 3 rings (SSSR count). The lowest BCUT2D eigenvalue weighted by Crippen LogP contribution is -2.17. The lowest BCUT2D eigenvalue weighted by Gasteiger charge is -2.17. The normalized spacial score (nSPS) is 13.8. The van der Waals surface area contributed by atoms with Crippen LogP contribution in [0.4, 0.5) is 19.0 Å². The van der Waals surface area contributed by atoms with Gasteiger partial charge in [-0.2, -0.15) is 0 Å². The number of hydrogen-bond acceptors (Lipinski definition) is 5. The van der Waals surface area contributed by atoms with Gasteiger partial charge in [0.1, 0.15) is 11.6 Å². The van der Waals surface area contributed by atoms with Crippen LogP contribution in [0.5, 0.6) is 0 Å². The molecule has 0 aliphatic carbocycles. The van der Waals surface area contributed by atoms with Gasteiger partial charge in [0.25, 0.3) is 6.43 Å². The molecule has 0 unspecified atom stereocenters. The summed E-state index contributed by atoms with van der Waals surface area (Å²) >= 11 is 6.09. The molecule has 2 heterocycles. The fourth-order valence-corrected chi connectivity index (χ4v) is 3.43. The maximum absolute atomic E-state index is 14.4. The van der Waals surface area contributed by atoms with Crippen molar-refractivity contribution in [2.75, 3.05) is 5.32 Å². The van der Waals surface area contributed by atoms with Crippen molar-refractivity contribution in [3.63, 3.8) is 0 Å². The number of nitrogens with one attached hydrogen (secondary N) is 1. The SMILES string of the molecule is CC=C(C=NC=C(C)C)N1Cc2nc(Cl)nc(NCc3cccc(C(F)F)c3F)c2C1. The van der Waals surface area contributed by atoms with Crippen molar-refractivity contribution < 1.29 is 13.2 Å². The molecule has 1 aliphatic rings. The molecule has 0 spiro atoms. The number of hydrogen-bond donors (Lipinski definition) is 1. The molecule has 0 atom stereocenters. The number of rotatable bonds is 7. The maximum atomic E-state index is 14.4. The summed E-state index contributed by atoms with van der Waals surface area (Å²) in [5.41, 5.74) is 3.07. The highest BCUT2D eigenvalue weighted by Crippen LogP contribution is 2.31. The minimum absolute atomic E-state index is 0.00925. The summed E-state index contributed by atoms with van der Waals surface area (Å²) in [6.45, 7) is 6.87. The van der Waals surface area contributed by atoms with Crippen molar-refractivity contribution in [3.8, 4) is 0 Å². The Morgan fingerprint density at radius 2 is 2.06 bits per heavy atom. The summed E-state index contributed by atoms with van der Waals surface area (Å²) in [5, 5.41) is 3.10. The largest absolute Gasteiger partial charge is 0.365 e. The topological polar surface area (TPSA) is 53.4 Å². The average Bonchev–Trinajstić information content (AvgIpc) is 3.13. The molecule has 0 fully saturated rings. The molecule has 1 aliphatic heterocycles. The van der Waals surface area contributed by atoms with E-state index in [0.29, 0.717) is 18.9 Å². The van der Waals surface area contributed by atoms with Gasteiger partial charge in [0.05, 0.1) is 23.5 Å². The fraction of sp³-hybridized carbons (Fsp3) is 0.318. The van der Waals surface area contributed by atoms with Crippen molar-refractivity contribution in [1.29, 1.82) is 0 Å². The van der Waals surface area contributed by atoms with Gasteiger partial charge in [-0.25, -0.2) is 23.1 Å². The third kappa shape index (κ3) is 5.44. The number of fused-ring (bicyclic) bond motifs is 1. The Hall–Kier alpha value is -2.87. The summed E-state index contributed by atoms with van der Waals surface area (Å²) < 4.78 is 40.3. The van der Waals surface area contributed by atoms with Gasteiger partial charge >= 0.3 is 0 Å². The molecule has 5 nitrogen and oxygen atoms in total. The van der Waals surface area contributed by atoms with Crippen LogP contribution in [0.3, 0.4) is 0 Å². The lowest BCUT2D eigenvalue weighted by atomic mass is 10.1. The van der Waals surface area contributed by atoms with Crippen molar-refractivity contribution in [3.05, 3.63) is 75.2 Å². The number of benzene rings is 1. The Labute approximate surface area is 184 Å². The number of allylic oxidation sites excluding steroid dienone is 3. The van der Waals surface area contributed by atoms with Crippen LogP contribution in [-0.2, 0) is 19.6 Å². The third-order valence-electron chi connectivity index (χ3n) is 4.75. The Kier molecular flexibility index (Phi) is 7.33. The van der Waals surface area contributed by atoms with Gasteiger partial charge in [-0.1, -0.05) is 29.8 Å². The molecule has 164 valence electrons. The lowest BCUT2D eigenvalue weighted by molar-refractivity contribution is 0.146. The van der Waals surface area contributed by atoms with Crippen molar-refractivity contribution in [1.82, 2.24) is 14.9 Å². The quantitative estimate of drug-likeness (QED) is 0.414. The van der Waals surface area contributed by atoms with Gasteiger partial charge in [-0.3, -0.25) is 4.99 Å². The van der Waals surface area contributed by atoms with E-state index in [9.17, 15) is 13.2 Å². The number of halogens is 4. The fourth-order valence-electron chi connectivity index (χ4n) is 3.24. The molecule has 0 saturated heterocycles. The molecule has 0 bridgehead atoms. The second-order valence-corrected chi connectivity index (χ2v) is 7.63. The van der Waals surface area contributed by atoms with Crippen LogP contribution in [0.25, 0.3) is 0 Å². The Morgan fingerprint density at radius 3 is 2.74 bits per heavy atom. The highest BCUT2D eigenvalue weighted by Gasteiger charge is 2.26. The minimum atomic E-state index is -2.88. The number of anilines is 1. The van der Waals surface area contributed by atoms with E-state index >= 15 is 0 Å². The van der Waals surface area contributed by atoms with E-state index < -0.39 is 17.8 Å². The van der Waals surface area contributed by atoms with Gasteiger partial charge in [0.15, 0.2) is 0 Å². The van der Waals surface area contributed by atoms with Crippen LogP contribution < -0.4 is 5.32 Å². The van der Waals surface area contributed by atoms with E-state index in [1.165, 1.54) is 12.1 Å². The second kappa shape index (κ2) is 9.96. The number of alkyl halides is 2. The van der Waals surface area contributed by atoms with Gasteiger partial charge in [0.2, 0.25) is 5.28 Å². The number of aliphatic imine (C=N–C) groups is 1. The molecular formula is C22H23ClF3N5. The van der Waals surface area contributed by atoms with E-state index in [2.05, 4.69) is 25.2 Å². The molecule has 31 heavy (non-hydrogen) atoms. The molecule has 1 N–H and O–H groups in total. The van der Waals surface area contributed by atoms with Crippen molar-refractivity contribution in [2.45, 2.75) is 46.8 Å². The molecule has 0 saturated carbocycles. The first kappa shape index (κ1) is 22.8. The molecule has 0 radical (unpaired) electrons. The third-order valence-corrected chi connectivity index (χ3v) is 4.91. The van der Waals surface area contributed by atoms with E-state index in [4.69, 9.17) is 11.6 Å². The maximum Gasteiger partial charge on any atom is 0.266 e. The van der Waals surface area contributed by atoms with Gasteiger partial charge in [-0.05, 0) is 32.4 Å². The smallest absolute Gasteiger partial charge is 0.266 e. The van der Waals surface area contributed by atoms with Crippen LogP contribution in [-0.4, -0.2) is 21.1 Å². The first-order chi connectivity index (χ1) is 14.8. The minimum Gasteiger partial charge on any atom is -0.365 e. The van der Waals surface area contributed by atoms with Gasteiger partial charge in [-0.15, -0.1) is 0 Å². The van der Waals surface area contributed by atoms with E-state index in [0.717, 1.165) is 28.6 Å². The van der Waals surface area contributed by atoms with Gasteiger partial charge < -0.3 is 10.2 Å². The zero-order chi connectivity index (χ0) is 22.5. The van der Waals surface area contributed by atoms with Crippen LogP contribution >= 0.6 is 11.6 Å². The van der Waals surface area contributed by atoms with Crippen LogP contribution in [0.1, 0.15) is 49.6 Å². The molecular weight excluding hydrogens is 427 g/mol. The van der Waals surface area contributed by atoms with Crippen LogP contribution in [0.15, 0.2) is 46.7 Å². The molecule has 2 aromatic rings. The highest BCUT2D eigenvalue weighted by molar-refractivity contribution is 6.28. The van der Waals surface area contributed by atoms with E-state index in [-0.39, 0.29) is 17.4 Å². The summed E-state index contributed by atoms with van der Waals surface area (Å²) in [6, 6.07) is 3.95. The molecule has 9 heteroatoms. The standard InChI is InChI=1S/C22H23ClF3N5/c1-4-15(10-27-8-13(2)3)31-11-17-18(12-31)29-22(23)30-21(17)28-9-14-6-5-7-16(19(14)24)20(25)26/h4-8,10,20H,9,11-12H2,1-3H3,(H,28,29,30). The summed E-state index contributed by atoms with van der Waals surface area (Å²) in [4.78, 5) is 14.9. The first-order valence-electron chi connectivity index (χ1n) is 9.72. The van der Waals surface area contributed by atoms with Crippen LogP contribution in [0, 0.1) is 5.82 Å². The number of nitrogens with zero attached hydrogens (tertiary/aromatic N) is 4. The monoisotopic (exact) mass is 449 g/mol. The van der Waals surface area contributed by atoms with Crippen molar-refractivity contribution >= 4 is 23.6 Å². The van der Waals surface area contributed by atoms with Gasteiger partial charge in [0, 0.05) is 36.6 Å². The Morgan fingerprint density at radius 1 is 1.29 bits per heavy atom. The Bertz CT molecular complexity index is 1050. The highest BCUT2D eigenvalue weighted by atomic mass is 35.5. The van der Waals surface area contributed by atoms with E-state index in [1.54, 1.807) is 12.4 Å². The second-order valence-electron chi connectivity index (χ2n) is 7.30. The zero-order valence-corrected chi connectivity index (χ0v) is 18.2. The predicted octanol–water partition coefficient (Wildman–Crippen LogP) is 6.03. The number of aromatic nitrogens is 2. The summed E-state index contributed by atoms with van der Waals surface area (Å²) in [7, 11) is 0. The van der Waals surface area contributed by atoms with Crippen LogP contribution in [0.2, 0.25) is 5.28 Å². The average molecular weight is 450 g/mol.